The fourth-order valence-electron chi connectivity index (χ4n) is 2.51. The van der Waals surface area contributed by atoms with Gasteiger partial charge in [-0.2, -0.15) is 4.31 Å². The van der Waals surface area contributed by atoms with Crippen LogP contribution >= 0.6 is 15.9 Å². The quantitative estimate of drug-likeness (QED) is 0.739. The van der Waals surface area contributed by atoms with Gasteiger partial charge in [-0.1, -0.05) is 22.0 Å². The standard InChI is InChI=1S/C16H23BrN2O4S/c1-12-11-18(8-9-19(12)15(20)23-16(2,3)4)24(21,22)14-7-5-6-13(17)10-14/h5-7,10,12H,8-9,11H2,1-4H3/t12-/m1/s1. The Morgan fingerprint density at radius 2 is 1.96 bits per heavy atom. The summed E-state index contributed by atoms with van der Waals surface area (Å²) in [7, 11) is -3.58. The Bertz CT molecular complexity index is 715. The summed E-state index contributed by atoms with van der Waals surface area (Å²) < 4.78 is 33.0. The second-order valence-electron chi connectivity index (χ2n) is 6.84. The van der Waals surface area contributed by atoms with E-state index in [0.717, 1.165) is 0 Å². The third kappa shape index (κ3) is 4.49. The third-order valence-corrected chi connectivity index (χ3v) is 6.01. The molecule has 1 atom stereocenters. The number of halogens is 1. The molecule has 1 fully saturated rings. The summed E-state index contributed by atoms with van der Waals surface area (Å²) in [5.74, 6) is 0. The Morgan fingerprint density at radius 1 is 1.29 bits per heavy atom. The van der Waals surface area contributed by atoms with Gasteiger partial charge in [-0.25, -0.2) is 13.2 Å². The first-order valence-corrected chi connectivity index (χ1v) is 9.99. The number of ether oxygens (including phenoxy) is 1. The Balaban J connectivity index is 2.11. The first-order valence-electron chi connectivity index (χ1n) is 7.76. The van der Waals surface area contributed by atoms with Gasteiger partial charge in [0.2, 0.25) is 10.0 Å². The molecular weight excluding hydrogens is 396 g/mol. The first kappa shape index (κ1) is 19.2. The number of carbonyl (C=O) groups is 1. The monoisotopic (exact) mass is 418 g/mol. The van der Waals surface area contributed by atoms with E-state index in [0.29, 0.717) is 11.0 Å². The zero-order chi connectivity index (χ0) is 18.1. The summed E-state index contributed by atoms with van der Waals surface area (Å²) in [5.41, 5.74) is -0.573. The van der Waals surface area contributed by atoms with Crippen LogP contribution in [0, 0.1) is 0 Å². The summed E-state index contributed by atoms with van der Waals surface area (Å²) in [6.07, 6.45) is -0.408. The minimum atomic E-state index is -3.58. The highest BCUT2D eigenvalue weighted by molar-refractivity contribution is 9.10. The van der Waals surface area contributed by atoms with Crippen molar-refractivity contribution in [2.45, 2.75) is 44.2 Å². The summed E-state index contributed by atoms with van der Waals surface area (Å²) >= 11 is 3.29. The Hall–Kier alpha value is -1.12. The van der Waals surface area contributed by atoms with Crippen molar-refractivity contribution in [3.8, 4) is 0 Å². The van der Waals surface area contributed by atoms with E-state index >= 15 is 0 Å². The van der Waals surface area contributed by atoms with Crippen LogP contribution < -0.4 is 0 Å². The van der Waals surface area contributed by atoms with Crippen LogP contribution in [0.2, 0.25) is 0 Å². The highest BCUT2D eigenvalue weighted by Gasteiger charge is 2.35. The predicted molar refractivity (Wildman–Crippen MR) is 95.3 cm³/mol. The molecule has 0 radical (unpaired) electrons. The lowest BCUT2D eigenvalue weighted by Crippen LogP contribution is -2.56. The van der Waals surface area contributed by atoms with Gasteiger partial charge in [-0.3, -0.25) is 0 Å². The van der Waals surface area contributed by atoms with Crippen molar-refractivity contribution in [2.75, 3.05) is 19.6 Å². The van der Waals surface area contributed by atoms with E-state index in [4.69, 9.17) is 4.74 Å². The summed E-state index contributed by atoms with van der Waals surface area (Å²) in [4.78, 5) is 14.1. The molecule has 1 amide bonds. The molecule has 0 aliphatic carbocycles. The lowest BCUT2D eigenvalue weighted by molar-refractivity contribution is 0.00859. The molecule has 1 heterocycles. The molecule has 1 aliphatic heterocycles. The van der Waals surface area contributed by atoms with Gasteiger partial charge in [0.25, 0.3) is 0 Å². The van der Waals surface area contributed by atoms with Crippen LogP contribution in [0.1, 0.15) is 27.7 Å². The van der Waals surface area contributed by atoms with Crippen LogP contribution in [-0.4, -0.2) is 55.0 Å². The Kier molecular flexibility index (Phi) is 5.61. The molecule has 1 aromatic carbocycles. The molecule has 1 aromatic rings. The minimum Gasteiger partial charge on any atom is -0.444 e. The van der Waals surface area contributed by atoms with Crippen LogP contribution in [0.15, 0.2) is 33.6 Å². The van der Waals surface area contributed by atoms with Gasteiger partial charge >= 0.3 is 6.09 Å². The maximum absolute atomic E-state index is 12.8. The van der Waals surface area contributed by atoms with Crippen LogP contribution in [0.5, 0.6) is 0 Å². The number of rotatable bonds is 2. The van der Waals surface area contributed by atoms with E-state index < -0.39 is 21.7 Å². The number of hydrogen-bond acceptors (Lipinski definition) is 4. The number of hydrogen-bond donors (Lipinski definition) is 0. The highest BCUT2D eigenvalue weighted by atomic mass is 79.9. The molecule has 8 heteroatoms. The number of piperazine rings is 1. The van der Waals surface area contributed by atoms with Crippen molar-refractivity contribution < 1.29 is 17.9 Å². The van der Waals surface area contributed by atoms with Gasteiger partial charge in [-0.05, 0) is 45.9 Å². The van der Waals surface area contributed by atoms with Crippen LogP contribution in [0.4, 0.5) is 4.79 Å². The molecule has 2 rings (SSSR count). The molecule has 6 nitrogen and oxygen atoms in total. The maximum Gasteiger partial charge on any atom is 0.410 e. The van der Waals surface area contributed by atoms with Crippen molar-refractivity contribution in [1.29, 1.82) is 0 Å². The number of nitrogens with zero attached hydrogens (tertiary/aromatic N) is 2. The fraction of sp³-hybridized carbons (Fsp3) is 0.562. The van der Waals surface area contributed by atoms with Gasteiger partial charge in [0.05, 0.1) is 4.90 Å². The molecule has 1 aliphatic rings. The number of benzene rings is 1. The summed E-state index contributed by atoms with van der Waals surface area (Å²) in [6, 6.07) is 6.38. The lowest BCUT2D eigenvalue weighted by atomic mass is 10.2. The van der Waals surface area contributed by atoms with Crippen LogP contribution in [0.25, 0.3) is 0 Å². The van der Waals surface area contributed by atoms with E-state index in [9.17, 15) is 13.2 Å². The lowest BCUT2D eigenvalue weighted by Gasteiger charge is -2.39. The van der Waals surface area contributed by atoms with Gasteiger partial charge in [-0.15, -0.1) is 0 Å². The average molecular weight is 419 g/mol. The van der Waals surface area contributed by atoms with E-state index in [1.165, 1.54) is 4.31 Å². The van der Waals surface area contributed by atoms with E-state index in [1.54, 1.807) is 29.2 Å². The van der Waals surface area contributed by atoms with Crippen molar-refractivity contribution in [2.24, 2.45) is 0 Å². The van der Waals surface area contributed by atoms with E-state index in [-0.39, 0.29) is 24.0 Å². The molecule has 0 bridgehead atoms. The van der Waals surface area contributed by atoms with Crippen LogP contribution in [0.3, 0.4) is 0 Å². The average Bonchev–Trinajstić information content (AvgIpc) is 2.45. The smallest absolute Gasteiger partial charge is 0.410 e. The number of amides is 1. The molecule has 0 spiro atoms. The van der Waals surface area contributed by atoms with Crippen molar-refractivity contribution in [3.63, 3.8) is 0 Å². The molecule has 24 heavy (non-hydrogen) atoms. The highest BCUT2D eigenvalue weighted by Crippen LogP contribution is 2.23. The largest absolute Gasteiger partial charge is 0.444 e. The topological polar surface area (TPSA) is 66.9 Å². The van der Waals surface area contributed by atoms with E-state index in [1.807, 2.05) is 27.7 Å². The summed E-state index contributed by atoms with van der Waals surface area (Å²) in [6.45, 7) is 8.05. The van der Waals surface area contributed by atoms with Crippen molar-refractivity contribution in [3.05, 3.63) is 28.7 Å². The molecule has 1 saturated heterocycles. The third-order valence-electron chi connectivity index (χ3n) is 3.65. The number of carbonyl (C=O) groups excluding carboxylic acids is 1. The molecule has 0 aromatic heterocycles. The Morgan fingerprint density at radius 3 is 2.50 bits per heavy atom. The second kappa shape index (κ2) is 7.01. The molecule has 0 unspecified atom stereocenters. The minimum absolute atomic E-state index is 0.244. The maximum atomic E-state index is 12.8. The van der Waals surface area contributed by atoms with Crippen molar-refractivity contribution in [1.82, 2.24) is 9.21 Å². The first-order chi connectivity index (χ1) is 11.0. The molecular formula is C16H23BrN2O4S. The fourth-order valence-corrected chi connectivity index (χ4v) is 4.62. The van der Waals surface area contributed by atoms with Crippen molar-refractivity contribution >= 4 is 32.0 Å². The van der Waals surface area contributed by atoms with Gasteiger partial charge < -0.3 is 9.64 Å². The number of sulfonamides is 1. The van der Waals surface area contributed by atoms with E-state index in [2.05, 4.69) is 15.9 Å². The predicted octanol–water partition coefficient (Wildman–Crippen LogP) is 3.08. The van der Waals surface area contributed by atoms with Crippen LogP contribution in [-0.2, 0) is 14.8 Å². The molecule has 0 saturated carbocycles. The normalized spacial score (nSPS) is 20.0. The van der Waals surface area contributed by atoms with Gasteiger partial charge in [0.15, 0.2) is 0 Å². The second-order valence-corrected chi connectivity index (χ2v) is 9.70. The zero-order valence-electron chi connectivity index (χ0n) is 14.3. The van der Waals surface area contributed by atoms with Gasteiger partial charge in [0.1, 0.15) is 5.60 Å². The van der Waals surface area contributed by atoms with Gasteiger partial charge in [0, 0.05) is 30.1 Å². The summed E-state index contributed by atoms with van der Waals surface area (Å²) in [5, 5.41) is 0. The zero-order valence-corrected chi connectivity index (χ0v) is 16.7. The molecule has 0 N–H and O–H groups in total. The Labute approximate surface area is 151 Å². The SMILES string of the molecule is C[C@@H]1CN(S(=O)(=O)c2cccc(Br)c2)CCN1C(=O)OC(C)(C)C. The molecule has 134 valence electrons.